The van der Waals surface area contributed by atoms with Crippen molar-refractivity contribution >= 4 is 11.7 Å². The molecule has 0 unspecified atom stereocenters. The Morgan fingerprint density at radius 1 is 1.41 bits per heavy atom. The van der Waals surface area contributed by atoms with Crippen molar-refractivity contribution in [2.24, 2.45) is 11.3 Å². The van der Waals surface area contributed by atoms with E-state index in [1.54, 1.807) is 12.1 Å². The third kappa shape index (κ3) is 4.82. The number of nitrogens with two attached hydrogens (primary N) is 1. The van der Waals surface area contributed by atoms with E-state index in [1.165, 1.54) is 6.20 Å². The highest BCUT2D eigenvalue weighted by Crippen LogP contribution is 2.17. The van der Waals surface area contributed by atoms with Crippen molar-refractivity contribution in [2.45, 2.75) is 27.2 Å². The Morgan fingerprint density at radius 2 is 2.12 bits per heavy atom. The summed E-state index contributed by atoms with van der Waals surface area (Å²) in [6, 6.07) is 3.35. The van der Waals surface area contributed by atoms with Gasteiger partial charge in [0.05, 0.1) is 5.56 Å². The van der Waals surface area contributed by atoms with Gasteiger partial charge in [0.1, 0.15) is 5.82 Å². The van der Waals surface area contributed by atoms with Gasteiger partial charge in [0.25, 0.3) is 5.91 Å². The zero-order valence-corrected chi connectivity index (χ0v) is 10.6. The quantitative estimate of drug-likeness (QED) is 0.547. The summed E-state index contributed by atoms with van der Waals surface area (Å²) in [5, 5.41) is 2.86. The maximum absolute atomic E-state index is 11.7. The van der Waals surface area contributed by atoms with Gasteiger partial charge in [0, 0.05) is 12.7 Å². The predicted octanol–water partition coefficient (Wildman–Crippen LogP) is 1.53. The summed E-state index contributed by atoms with van der Waals surface area (Å²) in [4.78, 5) is 15.7. The number of nitrogen functional groups attached to an aromatic ring is 1. The van der Waals surface area contributed by atoms with Crippen molar-refractivity contribution in [1.82, 2.24) is 10.3 Å². The molecular formula is C12H20N4O. The molecule has 1 heterocycles. The molecule has 0 atom stereocenters. The van der Waals surface area contributed by atoms with E-state index in [4.69, 9.17) is 5.84 Å². The molecule has 0 spiro atoms. The molecule has 1 rings (SSSR count). The number of nitrogens with zero attached hydrogens (tertiary/aromatic N) is 1. The molecule has 0 saturated heterocycles. The van der Waals surface area contributed by atoms with Gasteiger partial charge in [-0.15, -0.1) is 0 Å². The lowest BCUT2D eigenvalue weighted by Gasteiger charge is -2.17. The number of hydrogen-bond acceptors (Lipinski definition) is 4. The van der Waals surface area contributed by atoms with Crippen LogP contribution in [0.15, 0.2) is 18.3 Å². The number of hydrazine groups is 1. The van der Waals surface area contributed by atoms with Crippen molar-refractivity contribution in [3.8, 4) is 0 Å². The van der Waals surface area contributed by atoms with E-state index in [2.05, 4.69) is 36.5 Å². The smallest absolute Gasteiger partial charge is 0.252 e. The normalized spacial score (nSPS) is 11.1. The minimum absolute atomic E-state index is 0.106. The Morgan fingerprint density at radius 3 is 2.59 bits per heavy atom. The topological polar surface area (TPSA) is 80.0 Å². The van der Waals surface area contributed by atoms with Crippen molar-refractivity contribution in [3.05, 3.63) is 23.9 Å². The second kappa shape index (κ2) is 5.63. The number of carbonyl (C=O) groups is 1. The lowest BCUT2D eigenvalue weighted by Crippen LogP contribution is -2.27. The standard InChI is InChI=1S/C12H20N4O/c1-12(2,3)6-7-14-11(17)9-4-5-10(16-13)15-8-9/h4-5,8H,6-7,13H2,1-3H3,(H,14,17)(H,15,16). The molecule has 0 bridgehead atoms. The second-order valence-corrected chi connectivity index (χ2v) is 5.14. The van der Waals surface area contributed by atoms with Crippen LogP contribution in [-0.4, -0.2) is 17.4 Å². The monoisotopic (exact) mass is 236 g/mol. The number of carbonyl (C=O) groups excluding carboxylic acids is 1. The fourth-order valence-electron chi connectivity index (χ4n) is 1.27. The van der Waals surface area contributed by atoms with E-state index >= 15 is 0 Å². The summed E-state index contributed by atoms with van der Waals surface area (Å²) in [5.74, 6) is 5.62. The first-order valence-electron chi connectivity index (χ1n) is 5.63. The van der Waals surface area contributed by atoms with Crippen LogP contribution in [0.1, 0.15) is 37.6 Å². The first-order chi connectivity index (χ1) is 7.92. The maximum Gasteiger partial charge on any atom is 0.252 e. The number of aromatic nitrogens is 1. The Labute approximate surface area is 102 Å². The van der Waals surface area contributed by atoms with Gasteiger partial charge in [-0.2, -0.15) is 0 Å². The van der Waals surface area contributed by atoms with E-state index in [0.717, 1.165) is 6.42 Å². The number of rotatable bonds is 4. The largest absolute Gasteiger partial charge is 0.352 e. The number of pyridine rings is 1. The summed E-state index contributed by atoms with van der Waals surface area (Å²) in [6.45, 7) is 7.09. The third-order valence-electron chi connectivity index (χ3n) is 2.33. The zero-order valence-electron chi connectivity index (χ0n) is 10.6. The molecular weight excluding hydrogens is 216 g/mol. The molecule has 94 valence electrons. The summed E-state index contributed by atoms with van der Waals surface area (Å²) in [6.07, 6.45) is 2.44. The molecule has 4 N–H and O–H groups in total. The molecule has 1 aromatic rings. The summed E-state index contributed by atoms with van der Waals surface area (Å²) in [5.41, 5.74) is 3.17. The van der Waals surface area contributed by atoms with Crippen LogP contribution in [0.25, 0.3) is 0 Å². The molecule has 1 aromatic heterocycles. The van der Waals surface area contributed by atoms with E-state index < -0.39 is 0 Å². The second-order valence-electron chi connectivity index (χ2n) is 5.14. The summed E-state index contributed by atoms with van der Waals surface area (Å²) < 4.78 is 0. The van der Waals surface area contributed by atoms with E-state index in [9.17, 15) is 4.79 Å². The van der Waals surface area contributed by atoms with Crippen LogP contribution in [0.3, 0.4) is 0 Å². The van der Waals surface area contributed by atoms with Gasteiger partial charge in [0.2, 0.25) is 0 Å². The predicted molar refractivity (Wildman–Crippen MR) is 68.5 cm³/mol. The van der Waals surface area contributed by atoms with Crippen molar-refractivity contribution < 1.29 is 4.79 Å². The Kier molecular flexibility index (Phi) is 4.45. The van der Waals surface area contributed by atoms with Crippen molar-refractivity contribution in [3.63, 3.8) is 0 Å². The van der Waals surface area contributed by atoms with Gasteiger partial charge < -0.3 is 10.7 Å². The molecule has 0 radical (unpaired) electrons. The molecule has 5 heteroatoms. The third-order valence-corrected chi connectivity index (χ3v) is 2.33. The van der Waals surface area contributed by atoms with Gasteiger partial charge in [-0.3, -0.25) is 4.79 Å². The number of nitrogens with one attached hydrogen (secondary N) is 2. The molecule has 0 aliphatic rings. The lowest BCUT2D eigenvalue weighted by atomic mass is 9.92. The minimum Gasteiger partial charge on any atom is -0.352 e. The van der Waals surface area contributed by atoms with Gasteiger partial charge in [-0.1, -0.05) is 20.8 Å². The first-order valence-corrected chi connectivity index (χ1v) is 5.63. The van der Waals surface area contributed by atoms with Crippen LogP contribution in [0.5, 0.6) is 0 Å². The highest BCUT2D eigenvalue weighted by molar-refractivity contribution is 5.93. The highest BCUT2D eigenvalue weighted by Gasteiger charge is 2.11. The summed E-state index contributed by atoms with van der Waals surface area (Å²) in [7, 11) is 0. The fraction of sp³-hybridized carbons (Fsp3) is 0.500. The minimum atomic E-state index is -0.106. The molecule has 5 nitrogen and oxygen atoms in total. The molecule has 0 aliphatic carbocycles. The van der Waals surface area contributed by atoms with Crippen LogP contribution in [0, 0.1) is 5.41 Å². The van der Waals surface area contributed by atoms with Crippen LogP contribution in [0.4, 0.5) is 5.82 Å². The van der Waals surface area contributed by atoms with Crippen LogP contribution >= 0.6 is 0 Å². The van der Waals surface area contributed by atoms with Gasteiger partial charge >= 0.3 is 0 Å². The van der Waals surface area contributed by atoms with E-state index in [0.29, 0.717) is 17.9 Å². The maximum atomic E-state index is 11.7. The van der Waals surface area contributed by atoms with E-state index in [-0.39, 0.29) is 11.3 Å². The number of amides is 1. The Bertz CT molecular complexity index is 367. The zero-order chi connectivity index (χ0) is 12.9. The SMILES string of the molecule is CC(C)(C)CCNC(=O)c1ccc(NN)nc1. The molecule has 0 fully saturated rings. The molecule has 17 heavy (non-hydrogen) atoms. The van der Waals surface area contributed by atoms with Crippen molar-refractivity contribution in [1.29, 1.82) is 0 Å². The average Bonchev–Trinajstić information content (AvgIpc) is 2.27. The fourth-order valence-corrected chi connectivity index (χ4v) is 1.27. The van der Waals surface area contributed by atoms with Crippen molar-refractivity contribution in [2.75, 3.05) is 12.0 Å². The first kappa shape index (κ1) is 13.4. The average molecular weight is 236 g/mol. The van der Waals surface area contributed by atoms with Crippen LogP contribution in [-0.2, 0) is 0 Å². The number of anilines is 1. The van der Waals surface area contributed by atoms with E-state index in [1.807, 2.05) is 0 Å². The molecule has 0 saturated carbocycles. The Hall–Kier alpha value is -1.62. The molecule has 0 aliphatic heterocycles. The molecule has 1 amide bonds. The lowest BCUT2D eigenvalue weighted by molar-refractivity contribution is 0.0949. The summed E-state index contributed by atoms with van der Waals surface area (Å²) >= 11 is 0. The molecule has 0 aromatic carbocycles. The van der Waals surface area contributed by atoms with Crippen LogP contribution in [0.2, 0.25) is 0 Å². The van der Waals surface area contributed by atoms with Gasteiger partial charge in [-0.25, -0.2) is 10.8 Å². The van der Waals surface area contributed by atoms with Crippen LogP contribution < -0.4 is 16.6 Å². The highest BCUT2D eigenvalue weighted by atomic mass is 16.1. The Balaban J connectivity index is 2.47. The number of hydrogen-bond donors (Lipinski definition) is 3. The van der Waals surface area contributed by atoms with Gasteiger partial charge in [-0.05, 0) is 24.0 Å². The van der Waals surface area contributed by atoms with Gasteiger partial charge in [0.15, 0.2) is 0 Å².